The Labute approximate surface area is 168 Å². The largest absolute Gasteiger partial charge is 0.368 e. The number of thiocarbonyl (C=S) groups is 1. The molecule has 0 atom stereocenters. The molecule has 0 amide bonds. The van der Waals surface area contributed by atoms with Gasteiger partial charge in [0.05, 0.1) is 0 Å². The Hall–Kier alpha value is -1.86. The highest BCUT2D eigenvalue weighted by Gasteiger charge is 2.20. The molecule has 1 aliphatic heterocycles. The van der Waals surface area contributed by atoms with E-state index in [-0.39, 0.29) is 0 Å². The van der Waals surface area contributed by atoms with Crippen LogP contribution >= 0.6 is 24.0 Å². The van der Waals surface area contributed by atoms with Gasteiger partial charge in [0.1, 0.15) is 0 Å². The summed E-state index contributed by atoms with van der Waals surface area (Å²) in [7, 11) is 0. The Balaban J connectivity index is 1.55. The Morgan fingerprint density at radius 1 is 1.04 bits per heavy atom. The highest BCUT2D eigenvalue weighted by Crippen LogP contribution is 2.27. The molecular formula is C20H23F2N3S2. The van der Waals surface area contributed by atoms with E-state index in [1.54, 1.807) is 24.3 Å². The molecule has 1 fully saturated rings. The minimum Gasteiger partial charge on any atom is -0.368 e. The smallest absolute Gasteiger partial charge is 0.288 e. The first-order valence-electron chi connectivity index (χ1n) is 8.86. The summed E-state index contributed by atoms with van der Waals surface area (Å²) in [5.41, 5.74) is 4.74. The standard InChI is InChI=1S/C20H23F2N3S2/c1-14-4-3-5-18(15(14)2)24-10-12-25(13-11-24)20(26)23-16-6-8-17(9-7-16)27-19(21)22/h3-9,19H,10-13H2,1-2H3,(H,23,26). The summed E-state index contributed by atoms with van der Waals surface area (Å²) < 4.78 is 24.8. The van der Waals surface area contributed by atoms with E-state index >= 15 is 0 Å². The minimum atomic E-state index is -2.40. The van der Waals surface area contributed by atoms with Crippen molar-refractivity contribution in [1.29, 1.82) is 0 Å². The van der Waals surface area contributed by atoms with Gasteiger partial charge in [0, 0.05) is 42.4 Å². The molecule has 3 rings (SSSR count). The first-order valence-corrected chi connectivity index (χ1v) is 10.1. The number of anilines is 2. The molecule has 0 radical (unpaired) electrons. The molecule has 0 bridgehead atoms. The monoisotopic (exact) mass is 407 g/mol. The molecule has 1 saturated heterocycles. The molecule has 0 aromatic heterocycles. The van der Waals surface area contributed by atoms with Crippen LogP contribution in [0, 0.1) is 13.8 Å². The van der Waals surface area contributed by atoms with Crippen molar-refractivity contribution in [1.82, 2.24) is 4.90 Å². The third-order valence-electron chi connectivity index (χ3n) is 4.81. The number of benzene rings is 2. The summed E-state index contributed by atoms with van der Waals surface area (Å²) in [5.74, 6) is -2.40. The van der Waals surface area contributed by atoms with Gasteiger partial charge >= 0.3 is 0 Å². The number of thioether (sulfide) groups is 1. The van der Waals surface area contributed by atoms with Crippen molar-refractivity contribution in [2.75, 3.05) is 36.4 Å². The summed E-state index contributed by atoms with van der Waals surface area (Å²) >= 11 is 6.08. The van der Waals surface area contributed by atoms with Gasteiger partial charge in [-0.15, -0.1) is 0 Å². The zero-order valence-electron chi connectivity index (χ0n) is 15.4. The molecule has 0 aliphatic carbocycles. The maximum absolute atomic E-state index is 12.4. The highest BCUT2D eigenvalue weighted by molar-refractivity contribution is 7.99. The molecule has 27 heavy (non-hydrogen) atoms. The van der Waals surface area contributed by atoms with Crippen LogP contribution in [0.1, 0.15) is 11.1 Å². The fourth-order valence-electron chi connectivity index (χ4n) is 3.15. The molecule has 1 heterocycles. The van der Waals surface area contributed by atoms with Gasteiger partial charge in [-0.05, 0) is 67.5 Å². The van der Waals surface area contributed by atoms with E-state index in [2.05, 4.69) is 47.2 Å². The summed E-state index contributed by atoms with van der Waals surface area (Å²) in [6, 6.07) is 13.3. The Kier molecular flexibility index (Phi) is 6.55. The number of rotatable bonds is 4. The third-order valence-corrected chi connectivity index (χ3v) is 5.90. The molecular weight excluding hydrogens is 384 g/mol. The van der Waals surface area contributed by atoms with Gasteiger partial charge in [-0.2, -0.15) is 8.78 Å². The van der Waals surface area contributed by atoms with Crippen molar-refractivity contribution >= 4 is 40.5 Å². The molecule has 144 valence electrons. The van der Waals surface area contributed by atoms with Crippen molar-refractivity contribution in [3.05, 3.63) is 53.6 Å². The van der Waals surface area contributed by atoms with E-state index in [9.17, 15) is 8.78 Å². The van der Waals surface area contributed by atoms with Gasteiger partial charge in [0.25, 0.3) is 5.76 Å². The Morgan fingerprint density at radius 2 is 1.70 bits per heavy atom. The lowest BCUT2D eigenvalue weighted by molar-refractivity contribution is 0.252. The van der Waals surface area contributed by atoms with Crippen molar-refractivity contribution in [3.8, 4) is 0 Å². The molecule has 3 nitrogen and oxygen atoms in total. The van der Waals surface area contributed by atoms with E-state index in [0.717, 1.165) is 31.9 Å². The molecule has 1 aliphatic rings. The van der Waals surface area contributed by atoms with Gasteiger partial charge in [-0.25, -0.2) is 0 Å². The van der Waals surface area contributed by atoms with E-state index in [1.807, 2.05) is 0 Å². The Morgan fingerprint density at radius 3 is 2.33 bits per heavy atom. The van der Waals surface area contributed by atoms with Crippen molar-refractivity contribution in [2.45, 2.75) is 24.5 Å². The van der Waals surface area contributed by atoms with Gasteiger partial charge in [-0.1, -0.05) is 23.9 Å². The van der Waals surface area contributed by atoms with Crippen LogP contribution in [0.4, 0.5) is 20.2 Å². The lowest BCUT2D eigenvalue weighted by Crippen LogP contribution is -2.50. The minimum absolute atomic E-state index is 0.544. The quantitative estimate of drug-likeness (QED) is 0.557. The summed E-state index contributed by atoms with van der Waals surface area (Å²) in [4.78, 5) is 5.10. The average molecular weight is 408 g/mol. The lowest BCUT2D eigenvalue weighted by atomic mass is 10.1. The molecule has 0 saturated carbocycles. The van der Waals surface area contributed by atoms with E-state index < -0.39 is 5.76 Å². The third kappa shape index (κ3) is 5.11. The number of nitrogens with one attached hydrogen (secondary N) is 1. The fourth-order valence-corrected chi connectivity index (χ4v) is 3.95. The maximum Gasteiger partial charge on any atom is 0.288 e. The highest BCUT2D eigenvalue weighted by atomic mass is 32.2. The van der Waals surface area contributed by atoms with Gasteiger partial charge in [0.2, 0.25) is 0 Å². The average Bonchev–Trinajstić information content (AvgIpc) is 2.65. The maximum atomic E-state index is 12.4. The number of hydrogen-bond acceptors (Lipinski definition) is 3. The molecule has 1 N–H and O–H groups in total. The van der Waals surface area contributed by atoms with Gasteiger partial charge in [0.15, 0.2) is 5.11 Å². The predicted molar refractivity (Wildman–Crippen MR) is 114 cm³/mol. The number of alkyl halides is 2. The van der Waals surface area contributed by atoms with Crippen LogP contribution in [0.25, 0.3) is 0 Å². The Bertz CT molecular complexity index is 788. The van der Waals surface area contributed by atoms with Crippen molar-refractivity contribution in [2.24, 2.45) is 0 Å². The number of piperazine rings is 1. The lowest BCUT2D eigenvalue weighted by Gasteiger charge is -2.38. The summed E-state index contributed by atoms with van der Waals surface area (Å²) in [5, 5.41) is 3.88. The van der Waals surface area contributed by atoms with E-state index in [1.165, 1.54) is 16.8 Å². The summed E-state index contributed by atoms with van der Waals surface area (Å²) in [6.07, 6.45) is 0. The van der Waals surface area contributed by atoms with Crippen LogP contribution in [-0.2, 0) is 0 Å². The second-order valence-electron chi connectivity index (χ2n) is 6.53. The fraction of sp³-hybridized carbons (Fsp3) is 0.350. The topological polar surface area (TPSA) is 18.5 Å². The van der Waals surface area contributed by atoms with Gasteiger partial charge in [-0.3, -0.25) is 0 Å². The zero-order chi connectivity index (χ0) is 19.4. The number of halogens is 2. The van der Waals surface area contributed by atoms with Crippen LogP contribution in [0.2, 0.25) is 0 Å². The first-order chi connectivity index (χ1) is 12.9. The predicted octanol–water partition coefficient (Wildman–Crippen LogP) is 5.14. The van der Waals surface area contributed by atoms with Gasteiger partial charge < -0.3 is 15.1 Å². The molecule has 2 aromatic rings. The summed E-state index contributed by atoms with van der Waals surface area (Å²) in [6.45, 7) is 7.82. The normalized spacial score (nSPS) is 14.6. The molecule has 0 unspecified atom stereocenters. The van der Waals surface area contributed by atoms with Crippen LogP contribution in [0.5, 0.6) is 0 Å². The number of nitrogens with zero attached hydrogens (tertiary/aromatic N) is 2. The van der Waals surface area contributed by atoms with Crippen molar-refractivity contribution in [3.63, 3.8) is 0 Å². The second-order valence-corrected chi connectivity index (χ2v) is 7.98. The van der Waals surface area contributed by atoms with Crippen LogP contribution < -0.4 is 10.2 Å². The molecule has 7 heteroatoms. The number of hydrogen-bond donors (Lipinski definition) is 1. The first kappa shape index (κ1) is 19.9. The van der Waals surface area contributed by atoms with E-state index in [4.69, 9.17) is 12.2 Å². The number of aryl methyl sites for hydroxylation is 1. The van der Waals surface area contributed by atoms with Crippen LogP contribution in [0.3, 0.4) is 0 Å². The molecule has 2 aromatic carbocycles. The SMILES string of the molecule is Cc1cccc(N2CCN(C(=S)Nc3ccc(SC(F)F)cc3)CC2)c1C. The van der Waals surface area contributed by atoms with Crippen molar-refractivity contribution < 1.29 is 8.78 Å². The molecule has 0 spiro atoms. The second kappa shape index (κ2) is 8.89. The zero-order valence-corrected chi connectivity index (χ0v) is 17.0. The van der Waals surface area contributed by atoms with E-state index in [0.29, 0.717) is 21.8 Å². The van der Waals surface area contributed by atoms with Crippen LogP contribution in [-0.4, -0.2) is 41.9 Å². The van der Waals surface area contributed by atoms with Crippen LogP contribution in [0.15, 0.2) is 47.4 Å².